The molecule has 0 aliphatic rings. The molecule has 22 valence electrons. The van der Waals surface area contributed by atoms with Gasteiger partial charge in [-0.05, 0) is 0 Å². The van der Waals surface area contributed by atoms with Gasteiger partial charge in [-0.2, -0.15) is 0 Å². The van der Waals surface area contributed by atoms with Gasteiger partial charge in [0.05, 0.1) is 8.41 Å². The van der Waals surface area contributed by atoms with Crippen LogP contribution in [0.1, 0.15) is 0 Å². The third kappa shape index (κ3) is 9.96. The smallest absolute Gasteiger partial charge is 0.309 e. The Bertz CT molecular complexity index is 6.00. The minimum Gasteiger partial charge on any atom is -0.309 e. The molecule has 4 heavy (non-hydrogen) atoms. The number of hydrogen-bond donors (Lipinski definition) is 0. The van der Waals surface area contributed by atoms with Crippen molar-refractivity contribution in [2.24, 2.45) is 0 Å². The fourth-order valence-electron chi connectivity index (χ4n) is 0. The van der Waals surface area contributed by atoms with Crippen LogP contribution in [0, 0.1) is 0 Å². The Hall–Kier alpha value is 1.41. The quantitative estimate of drug-likeness (QED) is 0.378. The van der Waals surface area contributed by atoms with E-state index < -0.39 is 18.2 Å². The largest absolute Gasteiger partial charge is 0.618 e. The van der Waals surface area contributed by atoms with E-state index in [9.17, 15) is 0 Å². The summed E-state index contributed by atoms with van der Waals surface area (Å²) >= 11 is -0.639. The van der Waals surface area contributed by atoms with Crippen LogP contribution in [0.5, 0.6) is 0 Å². The molecule has 0 radical (unpaired) electrons. The minimum absolute atomic E-state index is 0. The molecule has 0 bridgehead atoms. The highest BCUT2D eigenvalue weighted by Gasteiger charge is 1.64. The molecule has 0 aromatic heterocycles. The average molecular weight is 109 g/mol. The molecule has 0 atom stereocenters. The zero-order valence-corrected chi connectivity index (χ0v) is 4.39. The fraction of sp³-hybridized carbons (Fsp3) is 0. The SMILES string of the molecule is B.[Cl][Mg][Cl]. The van der Waals surface area contributed by atoms with Crippen LogP contribution >= 0.6 is 18.1 Å². The molecule has 0 aliphatic heterocycles. The summed E-state index contributed by atoms with van der Waals surface area (Å²) in [6, 6.07) is 0. The third-order valence-corrected chi connectivity index (χ3v) is 0. The lowest BCUT2D eigenvalue weighted by Crippen LogP contribution is -1.36. The lowest BCUT2D eigenvalue weighted by Gasteiger charge is -1.33. The summed E-state index contributed by atoms with van der Waals surface area (Å²) in [5, 5.41) is 0. The van der Waals surface area contributed by atoms with Crippen LogP contribution in [0.4, 0.5) is 0 Å². The Morgan fingerprint density at radius 2 is 1.25 bits per heavy atom. The maximum atomic E-state index is 4.90. The van der Waals surface area contributed by atoms with Gasteiger partial charge >= 0.3 is 18.2 Å². The summed E-state index contributed by atoms with van der Waals surface area (Å²) in [6.07, 6.45) is 0. The standard InChI is InChI=1S/BH3.2ClH.Mg/h1H3;2*1H;/q;;;+2/p-2. The summed E-state index contributed by atoms with van der Waals surface area (Å²) < 4.78 is 0. The summed E-state index contributed by atoms with van der Waals surface area (Å²) in [5.74, 6) is 0. The van der Waals surface area contributed by atoms with E-state index in [0.29, 0.717) is 0 Å². The van der Waals surface area contributed by atoms with Gasteiger partial charge < -0.3 is 18.1 Å². The second kappa shape index (κ2) is 8.83. The monoisotopic (exact) mass is 108 g/mol. The molecule has 0 aliphatic carbocycles. The van der Waals surface area contributed by atoms with Crippen molar-refractivity contribution in [3.8, 4) is 0 Å². The predicted molar refractivity (Wildman–Crippen MR) is 27.4 cm³/mol. The highest BCUT2D eigenvalue weighted by atomic mass is 35.6. The molecular weight excluding hydrogens is 106 g/mol. The molecule has 0 fully saturated rings. The van der Waals surface area contributed by atoms with Gasteiger partial charge in [-0.3, -0.25) is 0 Å². The van der Waals surface area contributed by atoms with Crippen molar-refractivity contribution in [2.75, 3.05) is 0 Å². The minimum atomic E-state index is -0.639. The highest BCUT2D eigenvalue weighted by Crippen LogP contribution is 1.67. The Balaban J connectivity index is 0. The van der Waals surface area contributed by atoms with Crippen molar-refractivity contribution in [3.05, 3.63) is 0 Å². The maximum Gasteiger partial charge on any atom is 0.618 e. The van der Waals surface area contributed by atoms with Crippen molar-refractivity contribution in [3.63, 3.8) is 0 Å². The van der Waals surface area contributed by atoms with Crippen molar-refractivity contribution >= 4 is 44.7 Å². The van der Waals surface area contributed by atoms with Gasteiger partial charge in [-0.25, -0.2) is 0 Å². The van der Waals surface area contributed by atoms with E-state index >= 15 is 0 Å². The lowest BCUT2D eigenvalue weighted by molar-refractivity contribution is 4.39. The molecule has 0 nitrogen and oxygen atoms in total. The number of halogens is 2. The van der Waals surface area contributed by atoms with Crippen molar-refractivity contribution in [2.45, 2.75) is 0 Å². The number of rotatable bonds is 0. The van der Waals surface area contributed by atoms with Crippen LogP contribution in [-0.4, -0.2) is 26.6 Å². The van der Waals surface area contributed by atoms with E-state index in [1.165, 1.54) is 0 Å². The van der Waals surface area contributed by atoms with Crippen LogP contribution in [0.3, 0.4) is 0 Å². The third-order valence-electron chi connectivity index (χ3n) is 0. The lowest BCUT2D eigenvalue weighted by atomic mass is 10.8. The van der Waals surface area contributed by atoms with E-state index in [-0.39, 0.29) is 8.41 Å². The Morgan fingerprint density at radius 3 is 1.25 bits per heavy atom. The van der Waals surface area contributed by atoms with Crippen LogP contribution < -0.4 is 0 Å². The second-order valence-corrected chi connectivity index (χ2v) is 2.73. The maximum absolute atomic E-state index is 4.90. The van der Waals surface area contributed by atoms with Crippen molar-refractivity contribution < 1.29 is 0 Å². The van der Waals surface area contributed by atoms with Crippen LogP contribution in [0.2, 0.25) is 0 Å². The molecule has 0 aromatic carbocycles. The van der Waals surface area contributed by atoms with Gasteiger partial charge in [-0.15, -0.1) is 0 Å². The Morgan fingerprint density at radius 1 is 1.25 bits per heavy atom. The van der Waals surface area contributed by atoms with Gasteiger partial charge in [0, 0.05) is 0 Å². The molecule has 0 spiro atoms. The molecule has 0 amide bonds. The zero-order valence-electron chi connectivity index (χ0n) is 1.46. The molecule has 0 N–H and O–H groups in total. The molecule has 0 saturated carbocycles. The zero-order chi connectivity index (χ0) is 2.71. The molecule has 0 heterocycles. The summed E-state index contributed by atoms with van der Waals surface area (Å²) in [6.45, 7) is 0. The summed E-state index contributed by atoms with van der Waals surface area (Å²) in [7, 11) is 9.81. The van der Waals surface area contributed by atoms with Crippen LogP contribution in [0.15, 0.2) is 0 Å². The van der Waals surface area contributed by atoms with E-state index in [0.717, 1.165) is 0 Å². The first-order valence-electron chi connectivity index (χ1n) is 0.535. The van der Waals surface area contributed by atoms with Gasteiger partial charge in [0.25, 0.3) is 0 Å². The normalized spacial score (nSPS) is 2.50. The first-order valence-corrected chi connectivity index (χ1v) is 4.81. The highest BCUT2D eigenvalue weighted by molar-refractivity contribution is 7.22. The van der Waals surface area contributed by atoms with E-state index in [4.69, 9.17) is 18.1 Å². The Kier molecular flexibility index (Phi) is 20.0. The topological polar surface area (TPSA) is 0 Å². The second-order valence-electron chi connectivity index (χ2n) is 0.101. The van der Waals surface area contributed by atoms with Gasteiger partial charge in [0.1, 0.15) is 0 Å². The van der Waals surface area contributed by atoms with E-state index in [1.807, 2.05) is 0 Å². The van der Waals surface area contributed by atoms with Crippen LogP contribution in [0.25, 0.3) is 0 Å². The fourth-order valence-corrected chi connectivity index (χ4v) is 0. The summed E-state index contributed by atoms with van der Waals surface area (Å²) in [5.41, 5.74) is 0. The molecule has 0 rings (SSSR count). The molecule has 0 aromatic rings. The molecule has 0 unspecified atom stereocenters. The van der Waals surface area contributed by atoms with Gasteiger partial charge in [-0.1, -0.05) is 0 Å². The molecule has 4 heteroatoms. The Labute approximate surface area is 44.7 Å². The van der Waals surface area contributed by atoms with Gasteiger partial charge in [0.2, 0.25) is 0 Å². The average Bonchev–Trinajstić information content (AvgIpc) is 0.918. The first kappa shape index (κ1) is 9.05. The predicted octanol–water partition coefficient (Wildman–Crippen LogP) is -0.186. The van der Waals surface area contributed by atoms with Crippen molar-refractivity contribution in [1.82, 2.24) is 0 Å². The number of hydrogen-bond acceptors (Lipinski definition) is 0. The van der Waals surface area contributed by atoms with Crippen LogP contribution in [-0.2, 0) is 0 Å². The van der Waals surface area contributed by atoms with Crippen molar-refractivity contribution in [1.29, 1.82) is 0 Å². The molecule has 0 saturated heterocycles. The first-order chi connectivity index (χ1) is 1.41. The van der Waals surface area contributed by atoms with Gasteiger partial charge in [0.15, 0.2) is 0 Å². The van der Waals surface area contributed by atoms with E-state index in [2.05, 4.69) is 0 Å². The summed E-state index contributed by atoms with van der Waals surface area (Å²) in [4.78, 5) is 0. The van der Waals surface area contributed by atoms with E-state index in [1.54, 1.807) is 0 Å². The molecular formula is H3BCl2Mg.